The average molecular weight is 491 g/mol. The van der Waals surface area contributed by atoms with E-state index in [0.717, 1.165) is 29.9 Å². The van der Waals surface area contributed by atoms with Gasteiger partial charge >= 0.3 is 0 Å². The lowest BCUT2D eigenvalue weighted by molar-refractivity contribution is -0.115. The number of rotatable bonds is 10. The molecule has 8 nitrogen and oxygen atoms in total. The number of likely N-dealkylation sites (N-methyl/N-ethyl adjacent to an activating group) is 1. The number of amides is 1. The lowest BCUT2D eigenvalue weighted by atomic mass is 10.0. The first-order valence-corrected chi connectivity index (χ1v) is 11.6. The summed E-state index contributed by atoms with van der Waals surface area (Å²) in [5, 5.41) is 12.0. The van der Waals surface area contributed by atoms with Gasteiger partial charge in [-0.05, 0) is 49.5 Å². The summed E-state index contributed by atoms with van der Waals surface area (Å²) < 4.78 is 3.51. The molecule has 2 aromatic carbocycles. The zero-order valence-corrected chi connectivity index (χ0v) is 20.4. The maximum atomic E-state index is 12.9. The highest BCUT2D eigenvalue weighted by molar-refractivity contribution is 6.33. The predicted molar refractivity (Wildman–Crippen MR) is 136 cm³/mol. The topological polar surface area (TPSA) is 85.0 Å². The van der Waals surface area contributed by atoms with E-state index in [-0.39, 0.29) is 24.5 Å². The fourth-order valence-electron chi connectivity index (χ4n) is 3.57. The van der Waals surface area contributed by atoms with Crippen LogP contribution in [0.25, 0.3) is 5.69 Å². The number of ketones is 1. The molecule has 1 N–H and O–H groups in total. The lowest BCUT2D eigenvalue weighted by Crippen LogP contribution is -2.18. The smallest absolute Gasteiger partial charge is 0.228 e. The molecular formula is C26H27ClN6O2. The molecular weight excluding hydrogens is 464 g/mol. The molecule has 0 aliphatic heterocycles. The van der Waals surface area contributed by atoms with Gasteiger partial charge in [0.2, 0.25) is 5.91 Å². The van der Waals surface area contributed by atoms with Gasteiger partial charge in [-0.1, -0.05) is 35.9 Å². The summed E-state index contributed by atoms with van der Waals surface area (Å²) in [6.45, 7) is 1.65. The normalized spacial score (nSPS) is 11.1. The van der Waals surface area contributed by atoms with Gasteiger partial charge in [0.05, 0.1) is 41.8 Å². The van der Waals surface area contributed by atoms with Crippen molar-refractivity contribution in [3.05, 3.63) is 95.0 Å². The lowest BCUT2D eigenvalue weighted by Gasteiger charge is -2.08. The highest BCUT2D eigenvalue weighted by Crippen LogP contribution is 2.21. The van der Waals surface area contributed by atoms with Crippen molar-refractivity contribution >= 4 is 29.0 Å². The van der Waals surface area contributed by atoms with Crippen LogP contribution in [0.2, 0.25) is 5.02 Å². The number of hydrogen-bond donors (Lipinski definition) is 1. The van der Waals surface area contributed by atoms with Crippen molar-refractivity contribution in [3.8, 4) is 5.69 Å². The molecule has 2 heterocycles. The van der Waals surface area contributed by atoms with Gasteiger partial charge < -0.3 is 10.2 Å². The summed E-state index contributed by atoms with van der Waals surface area (Å²) >= 11 is 6.11. The summed E-state index contributed by atoms with van der Waals surface area (Å²) in [5.74, 6) is -0.182. The van der Waals surface area contributed by atoms with E-state index in [0.29, 0.717) is 16.3 Å². The molecule has 0 radical (unpaired) electrons. The van der Waals surface area contributed by atoms with Gasteiger partial charge in [-0.15, -0.1) is 0 Å². The van der Waals surface area contributed by atoms with E-state index >= 15 is 0 Å². The molecule has 0 aliphatic carbocycles. The zero-order valence-electron chi connectivity index (χ0n) is 19.7. The Hall–Kier alpha value is -3.75. The molecule has 0 saturated heterocycles. The number of nitrogens with zero attached hydrogens (tertiary/aromatic N) is 5. The van der Waals surface area contributed by atoms with E-state index in [1.54, 1.807) is 53.6 Å². The van der Waals surface area contributed by atoms with Crippen LogP contribution in [0.1, 0.15) is 21.5 Å². The second-order valence-corrected chi connectivity index (χ2v) is 8.97. The largest absolute Gasteiger partial charge is 0.324 e. The number of aromatic nitrogens is 4. The molecule has 0 unspecified atom stereocenters. The van der Waals surface area contributed by atoms with Crippen LogP contribution in [0.5, 0.6) is 0 Å². The Labute approximate surface area is 209 Å². The Kier molecular flexibility index (Phi) is 7.74. The summed E-state index contributed by atoms with van der Waals surface area (Å²) in [6.07, 6.45) is 7.51. The zero-order chi connectivity index (χ0) is 24.8. The summed E-state index contributed by atoms with van der Waals surface area (Å²) in [5.41, 5.74) is 3.54. The molecule has 2 aromatic heterocycles. The minimum atomic E-state index is -0.187. The molecule has 9 heteroatoms. The second-order valence-electron chi connectivity index (χ2n) is 8.56. The van der Waals surface area contributed by atoms with Crippen LogP contribution in [-0.4, -0.2) is 56.8 Å². The van der Waals surface area contributed by atoms with Crippen molar-refractivity contribution in [1.82, 2.24) is 24.5 Å². The molecule has 0 fully saturated rings. The molecule has 4 aromatic rings. The number of carbonyl (C=O) groups is 2. The third-order valence-corrected chi connectivity index (χ3v) is 5.74. The van der Waals surface area contributed by atoms with Gasteiger partial charge in [-0.3, -0.25) is 14.3 Å². The van der Waals surface area contributed by atoms with Crippen LogP contribution in [0, 0.1) is 0 Å². The number of Topliss-reactive ketones (excluding diaryl/α,β-unsaturated/α-hetero) is 1. The first-order valence-electron chi connectivity index (χ1n) is 11.2. The Balaban J connectivity index is 1.38. The minimum Gasteiger partial charge on any atom is -0.324 e. The van der Waals surface area contributed by atoms with Gasteiger partial charge in [0.15, 0.2) is 5.78 Å². The molecule has 0 bridgehead atoms. The van der Waals surface area contributed by atoms with Crippen molar-refractivity contribution in [3.63, 3.8) is 0 Å². The molecule has 35 heavy (non-hydrogen) atoms. The number of nitrogens with one attached hydrogen (secondary N) is 1. The highest BCUT2D eigenvalue weighted by Gasteiger charge is 2.12. The van der Waals surface area contributed by atoms with Crippen LogP contribution in [0.3, 0.4) is 0 Å². The number of hydrogen-bond acceptors (Lipinski definition) is 5. The van der Waals surface area contributed by atoms with Crippen molar-refractivity contribution < 1.29 is 9.59 Å². The van der Waals surface area contributed by atoms with Crippen LogP contribution >= 0.6 is 11.6 Å². The van der Waals surface area contributed by atoms with Crippen molar-refractivity contribution in [2.24, 2.45) is 0 Å². The standard InChI is InChI=1S/C26H27ClN6O2/c1-31(2)10-11-32-17-19(15-28-32)12-25(34)21-6-5-7-22(14-21)33-18-20(16-29-33)13-26(35)30-24-9-4-3-8-23(24)27/h3-9,14-18H,10-13H2,1-2H3,(H,30,35). The molecule has 0 saturated carbocycles. The van der Waals surface area contributed by atoms with Crippen LogP contribution in [0.4, 0.5) is 5.69 Å². The SMILES string of the molecule is CN(C)CCn1cc(CC(=O)c2cccc(-n3cc(CC(=O)Nc4ccccc4Cl)cn3)c2)cn1. The second kappa shape index (κ2) is 11.1. The summed E-state index contributed by atoms with van der Waals surface area (Å²) in [6, 6.07) is 14.4. The summed E-state index contributed by atoms with van der Waals surface area (Å²) in [7, 11) is 4.03. The number of carbonyl (C=O) groups excluding carboxylic acids is 2. The van der Waals surface area contributed by atoms with Gasteiger partial charge in [-0.25, -0.2) is 4.68 Å². The van der Waals surface area contributed by atoms with E-state index < -0.39 is 0 Å². The Morgan fingerprint density at radius 1 is 0.971 bits per heavy atom. The van der Waals surface area contributed by atoms with Gasteiger partial charge in [0, 0.05) is 30.9 Å². The third-order valence-electron chi connectivity index (χ3n) is 5.41. The van der Waals surface area contributed by atoms with Crippen molar-refractivity contribution in [2.75, 3.05) is 26.0 Å². The van der Waals surface area contributed by atoms with Crippen molar-refractivity contribution in [2.45, 2.75) is 19.4 Å². The van der Waals surface area contributed by atoms with E-state index in [9.17, 15) is 9.59 Å². The van der Waals surface area contributed by atoms with Gasteiger partial charge in [-0.2, -0.15) is 10.2 Å². The minimum absolute atomic E-state index is 0.00510. The molecule has 0 spiro atoms. The van der Waals surface area contributed by atoms with Gasteiger partial charge in [0.25, 0.3) is 0 Å². The Morgan fingerprint density at radius 3 is 2.54 bits per heavy atom. The van der Waals surface area contributed by atoms with E-state index in [1.807, 2.05) is 43.2 Å². The Morgan fingerprint density at radius 2 is 1.74 bits per heavy atom. The fourth-order valence-corrected chi connectivity index (χ4v) is 3.75. The maximum absolute atomic E-state index is 12.9. The molecule has 0 atom stereocenters. The number of benzene rings is 2. The van der Waals surface area contributed by atoms with Gasteiger partial charge in [0.1, 0.15) is 0 Å². The first kappa shape index (κ1) is 24.4. The fraction of sp³-hybridized carbons (Fsp3) is 0.231. The highest BCUT2D eigenvalue weighted by atomic mass is 35.5. The third kappa shape index (κ3) is 6.65. The predicted octanol–water partition coefficient (Wildman–Crippen LogP) is 3.89. The van der Waals surface area contributed by atoms with E-state index in [2.05, 4.69) is 20.4 Å². The van der Waals surface area contributed by atoms with Crippen molar-refractivity contribution in [1.29, 1.82) is 0 Å². The molecule has 4 rings (SSSR count). The quantitative estimate of drug-likeness (QED) is 0.341. The Bertz CT molecular complexity index is 1330. The van der Waals surface area contributed by atoms with E-state index in [1.165, 1.54) is 0 Å². The number of anilines is 1. The molecule has 1 amide bonds. The molecule has 180 valence electrons. The monoisotopic (exact) mass is 490 g/mol. The number of para-hydroxylation sites is 1. The van der Waals surface area contributed by atoms with E-state index in [4.69, 9.17) is 11.6 Å². The maximum Gasteiger partial charge on any atom is 0.228 e. The first-order chi connectivity index (χ1) is 16.9. The van der Waals surface area contributed by atoms with Crippen LogP contribution in [-0.2, 0) is 24.2 Å². The summed E-state index contributed by atoms with van der Waals surface area (Å²) in [4.78, 5) is 27.4. The average Bonchev–Trinajstić information content (AvgIpc) is 3.49. The number of halogens is 1. The van der Waals surface area contributed by atoms with Crippen LogP contribution < -0.4 is 5.32 Å². The molecule has 0 aliphatic rings. The van der Waals surface area contributed by atoms with Crippen LogP contribution in [0.15, 0.2) is 73.3 Å².